The Labute approximate surface area is 123 Å². The molecular formula is C14H10BrIO. The monoisotopic (exact) mass is 400 g/mol. The molecule has 0 saturated heterocycles. The molecule has 0 fully saturated rings. The Kier molecular flexibility index (Phi) is 4.34. The zero-order chi connectivity index (χ0) is 12.3. The van der Waals surface area contributed by atoms with Crippen molar-refractivity contribution in [3.63, 3.8) is 0 Å². The van der Waals surface area contributed by atoms with E-state index in [1.54, 1.807) is 0 Å². The molecule has 0 unspecified atom stereocenters. The van der Waals surface area contributed by atoms with Gasteiger partial charge in [-0.05, 0) is 46.4 Å². The molecule has 0 aliphatic rings. The van der Waals surface area contributed by atoms with Gasteiger partial charge >= 0.3 is 0 Å². The van der Waals surface area contributed by atoms with Crippen molar-refractivity contribution >= 4 is 44.3 Å². The van der Waals surface area contributed by atoms with Gasteiger partial charge in [-0.1, -0.05) is 46.3 Å². The number of carbonyl (C=O) groups is 1. The van der Waals surface area contributed by atoms with E-state index in [2.05, 4.69) is 38.5 Å². The fraction of sp³-hybridized carbons (Fsp3) is 0.0714. The average Bonchev–Trinajstić information content (AvgIpc) is 2.33. The molecule has 17 heavy (non-hydrogen) atoms. The van der Waals surface area contributed by atoms with E-state index >= 15 is 0 Å². The van der Waals surface area contributed by atoms with Crippen LogP contribution in [0.3, 0.4) is 0 Å². The van der Waals surface area contributed by atoms with Gasteiger partial charge in [-0.15, -0.1) is 0 Å². The Morgan fingerprint density at radius 1 is 1.06 bits per heavy atom. The van der Waals surface area contributed by atoms with Crippen LogP contribution < -0.4 is 0 Å². The maximum Gasteiger partial charge on any atom is 0.167 e. The number of benzene rings is 2. The van der Waals surface area contributed by atoms with E-state index in [0.717, 1.165) is 19.2 Å². The largest absolute Gasteiger partial charge is 0.294 e. The summed E-state index contributed by atoms with van der Waals surface area (Å²) in [6.45, 7) is 0. The lowest BCUT2D eigenvalue weighted by atomic mass is 10.0. The summed E-state index contributed by atoms with van der Waals surface area (Å²) in [6.07, 6.45) is 0.459. The first kappa shape index (κ1) is 12.8. The van der Waals surface area contributed by atoms with Crippen molar-refractivity contribution in [2.45, 2.75) is 6.42 Å². The van der Waals surface area contributed by atoms with Gasteiger partial charge in [0.25, 0.3) is 0 Å². The van der Waals surface area contributed by atoms with Crippen LogP contribution in [0, 0.1) is 3.57 Å². The normalized spacial score (nSPS) is 10.2. The van der Waals surface area contributed by atoms with Crippen molar-refractivity contribution in [3.8, 4) is 0 Å². The molecule has 0 saturated carbocycles. The van der Waals surface area contributed by atoms with E-state index in [1.165, 1.54) is 0 Å². The minimum absolute atomic E-state index is 0.154. The first-order chi connectivity index (χ1) is 8.16. The minimum Gasteiger partial charge on any atom is -0.294 e. The number of halogens is 2. The van der Waals surface area contributed by atoms with Crippen molar-refractivity contribution < 1.29 is 4.79 Å². The van der Waals surface area contributed by atoms with Crippen LogP contribution in [0.2, 0.25) is 0 Å². The van der Waals surface area contributed by atoms with Crippen LogP contribution in [0.15, 0.2) is 53.0 Å². The summed E-state index contributed by atoms with van der Waals surface area (Å²) in [5.41, 5.74) is 1.84. The van der Waals surface area contributed by atoms with Crippen LogP contribution in [0.5, 0.6) is 0 Å². The second-order valence-corrected chi connectivity index (χ2v) is 5.78. The maximum atomic E-state index is 12.1. The quantitative estimate of drug-likeness (QED) is 0.548. The van der Waals surface area contributed by atoms with Crippen molar-refractivity contribution in [1.82, 2.24) is 0 Å². The topological polar surface area (TPSA) is 17.1 Å². The van der Waals surface area contributed by atoms with Crippen molar-refractivity contribution in [2.75, 3.05) is 0 Å². The van der Waals surface area contributed by atoms with Crippen molar-refractivity contribution in [1.29, 1.82) is 0 Å². The van der Waals surface area contributed by atoms with Gasteiger partial charge in [-0.25, -0.2) is 0 Å². The summed E-state index contributed by atoms with van der Waals surface area (Å²) < 4.78 is 2.12. The first-order valence-corrected chi connectivity index (χ1v) is 7.06. The van der Waals surface area contributed by atoms with Crippen LogP contribution >= 0.6 is 38.5 Å². The summed E-state index contributed by atoms with van der Waals surface area (Å²) in [5, 5.41) is 0. The molecule has 0 aliphatic carbocycles. The van der Waals surface area contributed by atoms with Crippen molar-refractivity contribution in [2.24, 2.45) is 0 Å². The Morgan fingerprint density at radius 2 is 1.71 bits per heavy atom. The highest BCUT2D eigenvalue weighted by molar-refractivity contribution is 14.1. The molecule has 2 rings (SSSR count). The number of hydrogen-bond acceptors (Lipinski definition) is 1. The molecule has 1 nitrogen and oxygen atoms in total. The van der Waals surface area contributed by atoms with Crippen LogP contribution in [-0.4, -0.2) is 5.78 Å². The Balaban J connectivity index is 2.17. The second-order valence-electron chi connectivity index (χ2n) is 3.70. The molecule has 0 radical (unpaired) electrons. The van der Waals surface area contributed by atoms with E-state index in [1.807, 2.05) is 48.5 Å². The van der Waals surface area contributed by atoms with Gasteiger partial charge in [-0.2, -0.15) is 0 Å². The smallest absolute Gasteiger partial charge is 0.167 e. The predicted octanol–water partition coefficient (Wildman–Crippen LogP) is 4.48. The third-order valence-electron chi connectivity index (χ3n) is 2.48. The molecule has 0 N–H and O–H groups in total. The fourth-order valence-electron chi connectivity index (χ4n) is 1.55. The Morgan fingerprint density at radius 3 is 2.35 bits per heavy atom. The zero-order valence-corrected chi connectivity index (χ0v) is 12.7. The highest BCUT2D eigenvalue weighted by atomic mass is 127. The average molecular weight is 401 g/mol. The molecule has 2 aromatic rings. The minimum atomic E-state index is 0.154. The summed E-state index contributed by atoms with van der Waals surface area (Å²) in [4.78, 5) is 12.1. The van der Waals surface area contributed by atoms with Gasteiger partial charge in [0.05, 0.1) is 0 Å². The number of carbonyl (C=O) groups excluding carboxylic acids is 1. The molecule has 86 valence electrons. The highest BCUT2D eigenvalue weighted by Gasteiger charge is 2.08. The summed E-state index contributed by atoms with van der Waals surface area (Å²) in [6, 6.07) is 15.4. The first-order valence-electron chi connectivity index (χ1n) is 5.19. The molecule has 0 heterocycles. The van der Waals surface area contributed by atoms with Crippen LogP contribution in [0.4, 0.5) is 0 Å². The SMILES string of the molecule is O=C(Cc1ccccc1I)c1ccc(Br)cc1. The lowest BCUT2D eigenvalue weighted by Crippen LogP contribution is -2.04. The van der Waals surface area contributed by atoms with Crippen LogP contribution in [0.1, 0.15) is 15.9 Å². The molecule has 0 amide bonds. The lowest BCUT2D eigenvalue weighted by molar-refractivity contribution is 0.0993. The highest BCUT2D eigenvalue weighted by Crippen LogP contribution is 2.16. The number of rotatable bonds is 3. The van der Waals surface area contributed by atoms with E-state index in [4.69, 9.17) is 0 Å². The molecular weight excluding hydrogens is 391 g/mol. The maximum absolute atomic E-state index is 12.1. The standard InChI is InChI=1S/C14H10BrIO/c15-12-7-5-10(6-8-12)14(17)9-11-3-1-2-4-13(11)16/h1-8H,9H2. The number of ketones is 1. The molecule has 0 spiro atoms. The molecule has 0 aliphatic heterocycles. The zero-order valence-electron chi connectivity index (χ0n) is 8.99. The summed E-state index contributed by atoms with van der Waals surface area (Å²) in [7, 11) is 0. The summed E-state index contributed by atoms with van der Waals surface area (Å²) in [5.74, 6) is 0.154. The molecule has 0 aromatic heterocycles. The van der Waals surface area contributed by atoms with Gasteiger partial charge < -0.3 is 0 Å². The Bertz CT molecular complexity index is 534. The van der Waals surface area contributed by atoms with Crippen LogP contribution in [0.25, 0.3) is 0 Å². The van der Waals surface area contributed by atoms with E-state index in [-0.39, 0.29) is 5.78 Å². The molecule has 0 bridgehead atoms. The summed E-state index contributed by atoms with van der Waals surface area (Å²) >= 11 is 5.62. The Hall–Kier alpha value is -0.680. The van der Waals surface area contributed by atoms with Gasteiger partial charge in [0.1, 0.15) is 0 Å². The van der Waals surface area contributed by atoms with Gasteiger partial charge in [0.2, 0.25) is 0 Å². The van der Waals surface area contributed by atoms with E-state index in [9.17, 15) is 4.79 Å². The van der Waals surface area contributed by atoms with Crippen molar-refractivity contribution in [3.05, 3.63) is 67.7 Å². The van der Waals surface area contributed by atoms with Gasteiger partial charge in [-0.3, -0.25) is 4.79 Å². The lowest BCUT2D eigenvalue weighted by Gasteiger charge is -2.04. The van der Waals surface area contributed by atoms with E-state index in [0.29, 0.717) is 6.42 Å². The molecule has 0 atom stereocenters. The van der Waals surface area contributed by atoms with Gasteiger partial charge in [0, 0.05) is 20.0 Å². The number of Topliss-reactive ketones (excluding diaryl/α,β-unsaturated/α-hetero) is 1. The molecule has 2 aromatic carbocycles. The third-order valence-corrected chi connectivity index (χ3v) is 4.06. The number of hydrogen-bond donors (Lipinski definition) is 0. The molecule has 3 heteroatoms. The van der Waals surface area contributed by atoms with E-state index < -0.39 is 0 Å². The predicted molar refractivity (Wildman–Crippen MR) is 81.3 cm³/mol. The third kappa shape index (κ3) is 3.39. The van der Waals surface area contributed by atoms with Crippen LogP contribution in [-0.2, 0) is 6.42 Å². The fourth-order valence-corrected chi connectivity index (χ4v) is 2.40. The second kappa shape index (κ2) is 5.78. The van der Waals surface area contributed by atoms with Gasteiger partial charge in [0.15, 0.2) is 5.78 Å².